The van der Waals surface area contributed by atoms with Crippen LogP contribution in [0.15, 0.2) is 53.4 Å². The highest BCUT2D eigenvalue weighted by molar-refractivity contribution is 7.99. The van der Waals surface area contributed by atoms with Gasteiger partial charge < -0.3 is 5.32 Å². The van der Waals surface area contributed by atoms with Gasteiger partial charge in [-0.2, -0.15) is 0 Å². The molecule has 0 saturated heterocycles. The molecule has 0 aromatic heterocycles. The monoisotopic (exact) mass is 423 g/mol. The van der Waals surface area contributed by atoms with E-state index in [1.54, 1.807) is 23.9 Å². The lowest BCUT2D eigenvalue weighted by Gasteiger charge is -2.28. The third-order valence-corrected chi connectivity index (χ3v) is 6.03. The fourth-order valence-electron chi connectivity index (χ4n) is 2.64. The second kappa shape index (κ2) is 9.07. The van der Waals surface area contributed by atoms with Crippen LogP contribution in [0, 0.1) is 10.1 Å². The van der Waals surface area contributed by atoms with Gasteiger partial charge in [0.15, 0.2) is 0 Å². The third kappa shape index (κ3) is 5.23. The molecule has 1 unspecified atom stereocenters. The predicted octanol–water partition coefficient (Wildman–Crippen LogP) is 3.50. The number of nitro groups is 1. The number of amides is 1. The van der Waals surface area contributed by atoms with E-state index >= 15 is 0 Å². The Bertz CT molecular complexity index is 979. The van der Waals surface area contributed by atoms with Gasteiger partial charge in [0.25, 0.3) is 5.69 Å². The summed E-state index contributed by atoms with van der Waals surface area (Å²) < 4.78 is 25.6. The summed E-state index contributed by atoms with van der Waals surface area (Å²) in [5.74, 6) is 0.270. The van der Waals surface area contributed by atoms with Crippen LogP contribution in [-0.2, 0) is 14.8 Å². The minimum Gasteiger partial charge on any atom is -0.323 e. The number of hydrogen-bond acceptors (Lipinski definition) is 6. The summed E-state index contributed by atoms with van der Waals surface area (Å²) in [7, 11) is -3.87. The minimum atomic E-state index is -3.87. The van der Waals surface area contributed by atoms with E-state index < -0.39 is 26.9 Å². The van der Waals surface area contributed by atoms with Crippen molar-refractivity contribution in [3.8, 4) is 0 Å². The number of nitrogens with zero attached hydrogens (tertiary/aromatic N) is 2. The smallest absolute Gasteiger partial charge is 0.271 e. The lowest BCUT2D eigenvalue weighted by Crippen LogP contribution is -2.45. The van der Waals surface area contributed by atoms with Crippen molar-refractivity contribution >= 4 is 44.8 Å². The molecule has 0 aliphatic carbocycles. The van der Waals surface area contributed by atoms with Crippen molar-refractivity contribution in [3.05, 3.63) is 58.6 Å². The largest absolute Gasteiger partial charge is 0.323 e. The first-order valence-corrected chi connectivity index (χ1v) is 11.2. The summed E-state index contributed by atoms with van der Waals surface area (Å²) in [6.07, 6.45) is 0.955. The van der Waals surface area contributed by atoms with E-state index in [0.717, 1.165) is 27.3 Å². The molecule has 0 bridgehead atoms. The third-order valence-electron chi connectivity index (χ3n) is 3.83. The van der Waals surface area contributed by atoms with Gasteiger partial charge in [-0.25, -0.2) is 8.42 Å². The molecule has 28 heavy (non-hydrogen) atoms. The molecular weight excluding hydrogens is 402 g/mol. The highest BCUT2D eigenvalue weighted by Crippen LogP contribution is 2.28. The van der Waals surface area contributed by atoms with Crippen LogP contribution in [0.2, 0.25) is 0 Å². The van der Waals surface area contributed by atoms with E-state index in [4.69, 9.17) is 0 Å². The summed E-state index contributed by atoms with van der Waals surface area (Å²) in [4.78, 5) is 24.1. The summed E-state index contributed by atoms with van der Waals surface area (Å²) in [6, 6.07) is 11.3. The number of anilines is 2. The zero-order chi connectivity index (χ0) is 20.9. The van der Waals surface area contributed by atoms with Gasteiger partial charge in [0.2, 0.25) is 15.9 Å². The van der Waals surface area contributed by atoms with Crippen molar-refractivity contribution in [2.75, 3.05) is 21.6 Å². The quantitative estimate of drug-likeness (QED) is 0.395. The second-order valence-corrected chi connectivity index (χ2v) is 9.10. The number of hydrogen-bond donors (Lipinski definition) is 1. The van der Waals surface area contributed by atoms with Gasteiger partial charge >= 0.3 is 0 Å². The molecule has 150 valence electrons. The average Bonchev–Trinajstić information content (AvgIpc) is 2.62. The Morgan fingerprint density at radius 2 is 1.93 bits per heavy atom. The average molecular weight is 424 g/mol. The van der Waals surface area contributed by atoms with Crippen LogP contribution in [-0.4, -0.2) is 37.3 Å². The first-order chi connectivity index (χ1) is 13.1. The van der Waals surface area contributed by atoms with E-state index in [1.807, 2.05) is 19.1 Å². The van der Waals surface area contributed by atoms with Gasteiger partial charge in [-0.3, -0.25) is 19.2 Å². The molecule has 0 heterocycles. The van der Waals surface area contributed by atoms with Gasteiger partial charge in [0.05, 0.1) is 22.6 Å². The maximum Gasteiger partial charge on any atom is 0.271 e. The van der Waals surface area contributed by atoms with Crippen molar-refractivity contribution in [1.29, 1.82) is 0 Å². The van der Waals surface area contributed by atoms with Gasteiger partial charge in [-0.05, 0) is 30.9 Å². The first kappa shape index (κ1) is 21.7. The fraction of sp³-hybridized carbons (Fsp3) is 0.278. The van der Waals surface area contributed by atoms with Crippen molar-refractivity contribution in [1.82, 2.24) is 0 Å². The number of benzene rings is 2. The topological polar surface area (TPSA) is 110 Å². The van der Waals surface area contributed by atoms with Crippen LogP contribution >= 0.6 is 11.8 Å². The Morgan fingerprint density at radius 1 is 1.25 bits per heavy atom. The minimum absolute atomic E-state index is 0.0515. The number of nitro benzene ring substituents is 1. The molecule has 1 N–H and O–H groups in total. The molecule has 2 rings (SSSR count). The number of nitrogens with one attached hydrogen (secondary N) is 1. The molecule has 10 heteroatoms. The molecule has 8 nitrogen and oxygen atoms in total. The zero-order valence-corrected chi connectivity index (χ0v) is 17.3. The molecule has 0 radical (unpaired) electrons. The number of rotatable bonds is 8. The van der Waals surface area contributed by atoms with Gasteiger partial charge in [-0.1, -0.05) is 25.1 Å². The standard InChI is InChI=1S/C18H21N3O5S2/c1-4-27-17-11-6-5-10-16(17)19-18(22)13(2)20(28(3,25)26)14-8-7-9-15(12-14)21(23)24/h5-13H,4H2,1-3H3,(H,19,22). The summed E-state index contributed by atoms with van der Waals surface area (Å²) in [6.45, 7) is 3.42. The van der Waals surface area contributed by atoms with Crippen molar-refractivity contribution in [2.24, 2.45) is 0 Å². The molecule has 2 aromatic rings. The lowest BCUT2D eigenvalue weighted by molar-refractivity contribution is -0.384. The molecule has 0 aliphatic heterocycles. The van der Waals surface area contributed by atoms with Crippen LogP contribution in [0.5, 0.6) is 0 Å². The van der Waals surface area contributed by atoms with Crippen molar-refractivity contribution < 1.29 is 18.1 Å². The van der Waals surface area contributed by atoms with E-state index in [2.05, 4.69) is 5.32 Å². The number of sulfonamides is 1. The summed E-state index contributed by atoms with van der Waals surface area (Å²) in [5, 5.41) is 13.8. The highest BCUT2D eigenvalue weighted by Gasteiger charge is 2.30. The highest BCUT2D eigenvalue weighted by atomic mass is 32.2. The van der Waals surface area contributed by atoms with Crippen molar-refractivity contribution in [3.63, 3.8) is 0 Å². The van der Waals surface area contributed by atoms with Crippen LogP contribution in [0.1, 0.15) is 13.8 Å². The van der Waals surface area contributed by atoms with Crippen LogP contribution in [0.3, 0.4) is 0 Å². The van der Waals surface area contributed by atoms with Crippen LogP contribution in [0.4, 0.5) is 17.1 Å². The Labute approximate surface area is 168 Å². The number of carbonyl (C=O) groups excluding carboxylic acids is 1. The maximum atomic E-state index is 12.8. The van der Waals surface area contributed by atoms with E-state index in [9.17, 15) is 23.3 Å². The summed E-state index contributed by atoms with van der Waals surface area (Å²) >= 11 is 1.55. The van der Waals surface area contributed by atoms with E-state index in [-0.39, 0.29) is 11.4 Å². The Kier molecular flexibility index (Phi) is 7.03. The van der Waals surface area contributed by atoms with E-state index in [0.29, 0.717) is 5.69 Å². The van der Waals surface area contributed by atoms with Gasteiger partial charge in [0.1, 0.15) is 6.04 Å². The van der Waals surface area contributed by atoms with Gasteiger partial charge in [-0.15, -0.1) is 11.8 Å². The molecule has 0 aliphatic rings. The molecule has 0 spiro atoms. The SMILES string of the molecule is CCSc1ccccc1NC(=O)C(C)N(c1cccc([N+](=O)[O-])c1)S(C)(=O)=O. The first-order valence-electron chi connectivity index (χ1n) is 8.41. The molecule has 0 fully saturated rings. The number of para-hydroxylation sites is 1. The zero-order valence-electron chi connectivity index (χ0n) is 15.7. The Hall–Kier alpha value is -2.59. The van der Waals surface area contributed by atoms with Gasteiger partial charge in [0, 0.05) is 17.0 Å². The molecular formula is C18H21N3O5S2. The summed E-state index contributed by atoms with van der Waals surface area (Å²) in [5.41, 5.74) is 0.373. The van der Waals surface area contributed by atoms with Crippen molar-refractivity contribution in [2.45, 2.75) is 24.8 Å². The predicted molar refractivity (Wildman–Crippen MR) is 111 cm³/mol. The second-order valence-electron chi connectivity index (χ2n) is 5.93. The van der Waals surface area contributed by atoms with Crippen LogP contribution < -0.4 is 9.62 Å². The number of thioether (sulfide) groups is 1. The molecule has 2 aromatic carbocycles. The molecule has 0 saturated carbocycles. The lowest BCUT2D eigenvalue weighted by atomic mass is 10.2. The van der Waals surface area contributed by atoms with Crippen LogP contribution in [0.25, 0.3) is 0 Å². The number of non-ortho nitro benzene ring substituents is 1. The Morgan fingerprint density at radius 3 is 2.54 bits per heavy atom. The molecule has 1 atom stereocenters. The fourth-order valence-corrected chi connectivity index (χ4v) is 4.57. The Balaban J connectivity index is 2.36. The maximum absolute atomic E-state index is 12.8. The van der Waals surface area contributed by atoms with E-state index in [1.165, 1.54) is 25.1 Å². The number of carbonyl (C=O) groups is 1. The molecule has 1 amide bonds. The normalized spacial score (nSPS) is 12.2.